The van der Waals surface area contributed by atoms with Gasteiger partial charge in [-0.3, -0.25) is 14.1 Å². The zero-order valence-electron chi connectivity index (χ0n) is 18.9. The number of rotatable bonds is 7. The molecule has 0 saturated carbocycles. The van der Waals surface area contributed by atoms with Gasteiger partial charge in [-0.05, 0) is 59.8 Å². The van der Waals surface area contributed by atoms with Gasteiger partial charge < -0.3 is 5.32 Å². The van der Waals surface area contributed by atoms with Crippen molar-refractivity contribution in [2.45, 2.75) is 37.5 Å². The van der Waals surface area contributed by atoms with E-state index in [-0.39, 0.29) is 5.91 Å². The van der Waals surface area contributed by atoms with Crippen molar-refractivity contribution < 1.29 is 4.79 Å². The summed E-state index contributed by atoms with van der Waals surface area (Å²) in [6, 6.07) is 23.3. The molecular weight excluding hydrogens is 440 g/mol. The Balaban J connectivity index is 1.04. The van der Waals surface area contributed by atoms with Gasteiger partial charge in [0.05, 0.1) is 21.8 Å². The topological polar surface area (TPSA) is 49.6 Å². The Morgan fingerprint density at radius 3 is 2.76 bits per heavy atom. The summed E-state index contributed by atoms with van der Waals surface area (Å²) in [6.45, 7) is 3.63. The molecule has 0 spiro atoms. The normalized spacial score (nSPS) is 14.8. The minimum Gasteiger partial charge on any atom is -0.348 e. The smallest absolute Gasteiger partial charge is 0.258 e. The molecule has 0 saturated heterocycles. The summed E-state index contributed by atoms with van der Waals surface area (Å²) in [5.41, 5.74) is 7.19. The third-order valence-corrected chi connectivity index (χ3v) is 7.58. The molecule has 0 unspecified atom stereocenters. The number of imidazole rings is 1. The second kappa shape index (κ2) is 9.12. The molecule has 4 heterocycles. The quantitative estimate of drug-likeness (QED) is 0.414. The van der Waals surface area contributed by atoms with Gasteiger partial charge in [-0.25, -0.2) is 4.98 Å². The number of pyridine rings is 1. The lowest BCUT2D eigenvalue weighted by molar-refractivity contribution is -0.116. The highest BCUT2D eigenvalue weighted by Crippen LogP contribution is 2.34. The van der Waals surface area contributed by atoms with Crippen molar-refractivity contribution >= 4 is 29.4 Å². The Kier molecular flexibility index (Phi) is 5.69. The summed E-state index contributed by atoms with van der Waals surface area (Å²) in [4.78, 5) is 20.5. The van der Waals surface area contributed by atoms with E-state index in [4.69, 9.17) is 0 Å². The van der Waals surface area contributed by atoms with Crippen molar-refractivity contribution in [3.63, 3.8) is 0 Å². The molecule has 0 fully saturated rings. The predicted octanol–water partition coefficient (Wildman–Crippen LogP) is 5.05. The number of carbonyl (C=O) groups is 1. The number of thioether (sulfide) groups is 1. The average Bonchev–Trinajstić information content (AvgIpc) is 3.47. The lowest BCUT2D eigenvalue weighted by atomic mass is 10.1. The summed E-state index contributed by atoms with van der Waals surface area (Å²) in [7, 11) is 0. The van der Waals surface area contributed by atoms with Crippen LogP contribution in [0.4, 0.5) is 0 Å². The van der Waals surface area contributed by atoms with E-state index in [1.807, 2.05) is 30.5 Å². The molecule has 0 aliphatic carbocycles. The summed E-state index contributed by atoms with van der Waals surface area (Å²) in [5, 5.41) is 4.12. The minimum atomic E-state index is -0.0440. The molecule has 2 aromatic heterocycles. The first-order valence-electron chi connectivity index (χ1n) is 11.7. The van der Waals surface area contributed by atoms with Gasteiger partial charge in [0.1, 0.15) is 5.65 Å². The van der Waals surface area contributed by atoms with Gasteiger partial charge >= 0.3 is 0 Å². The summed E-state index contributed by atoms with van der Waals surface area (Å²) < 4.78 is 2.08. The molecule has 1 N–H and O–H groups in total. The van der Waals surface area contributed by atoms with Crippen LogP contribution in [0.15, 0.2) is 82.9 Å². The number of fused-ring (bicyclic) bond motifs is 1. The van der Waals surface area contributed by atoms with E-state index in [1.165, 1.54) is 34.9 Å². The number of hydrogen-bond donors (Lipinski definition) is 1. The van der Waals surface area contributed by atoms with E-state index in [2.05, 4.69) is 68.1 Å². The van der Waals surface area contributed by atoms with E-state index < -0.39 is 0 Å². The van der Waals surface area contributed by atoms with Gasteiger partial charge in [0.15, 0.2) is 0 Å². The molecule has 4 aromatic rings. The predicted molar refractivity (Wildman–Crippen MR) is 136 cm³/mol. The van der Waals surface area contributed by atoms with Crippen LogP contribution in [-0.2, 0) is 30.8 Å². The Labute approximate surface area is 203 Å². The lowest BCUT2D eigenvalue weighted by Crippen LogP contribution is -2.24. The fraction of sp³-hybridized carbons (Fsp3) is 0.214. The zero-order chi connectivity index (χ0) is 22.9. The molecule has 0 bridgehead atoms. The Hall–Kier alpha value is -3.35. The maximum atomic E-state index is 12.9. The van der Waals surface area contributed by atoms with Crippen molar-refractivity contribution in [1.82, 2.24) is 19.6 Å². The van der Waals surface area contributed by atoms with Gasteiger partial charge in [-0.1, -0.05) is 66.4 Å². The average molecular weight is 467 g/mol. The number of benzene rings is 2. The van der Waals surface area contributed by atoms with Crippen molar-refractivity contribution in [1.29, 1.82) is 0 Å². The number of amides is 1. The number of nitrogens with one attached hydrogen (secondary N) is 1. The van der Waals surface area contributed by atoms with Gasteiger partial charge in [0, 0.05) is 19.6 Å². The van der Waals surface area contributed by atoms with E-state index in [0.717, 1.165) is 48.0 Å². The summed E-state index contributed by atoms with van der Waals surface area (Å²) in [6.07, 6.45) is 6.02. The van der Waals surface area contributed by atoms with E-state index in [9.17, 15) is 4.79 Å². The lowest BCUT2D eigenvalue weighted by Gasteiger charge is -2.15. The van der Waals surface area contributed by atoms with Crippen LogP contribution in [-0.4, -0.2) is 26.7 Å². The summed E-state index contributed by atoms with van der Waals surface area (Å²) in [5.74, 6) is -0.0440. The Bertz CT molecular complexity index is 1390. The number of carbonyl (C=O) groups excluding carboxylic acids is 1. The largest absolute Gasteiger partial charge is 0.348 e. The van der Waals surface area contributed by atoms with E-state index >= 15 is 0 Å². The standard InChI is InChI=1S/C28H26N4OS/c33-28(25-15-24-17-29-26-9-4-10-27(34-25)32(24)26)30-16-21-11-12-22-18-31(19-23(22)14-21)13-5-8-20-6-2-1-3-7-20/h1-4,6-7,9-12,14-15,17H,5,8,13,16,18-19H2,(H,30,33). The summed E-state index contributed by atoms with van der Waals surface area (Å²) >= 11 is 1.49. The van der Waals surface area contributed by atoms with Crippen LogP contribution < -0.4 is 5.32 Å². The van der Waals surface area contributed by atoms with E-state index in [0.29, 0.717) is 11.4 Å². The van der Waals surface area contributed by atoms with Crippen LogP contribution >= 0.6 is 11.8 Å². The molecular formula is C28H26N4OS. The molecule has 1 amide bonds. The second-order valence-electron chi connectivity index (χ2n) is 8.94. The fourth-order valence-electron chi connectivity index (χ4n) is 4.81. The highest BCUT2D eigenvalue weighted by Gasteiger charge is 2.21. The third-order valence-electron chi connectivity index (χ3n) is 6.53. The van der Waals surface area contributed by atoms with Crippen LogP contribution in [0, 0.1) is 0 Å². The van der Waals surface area contributed by atoms with Gasteiger partial charge in [-0.15, -0.1) is 0 Å². The van der Waals surface area contributed by atoms with Crippen molar-refractivity contribution in [3.8, 4) is 0 Å². The van der Waals surface area contributed by atoms with E-state index in [1.54, 1.807) is 0 Å². The molecule has 0 radical (unpaired) electrons. The van der Waals surface area contributed by atoms with Crippen molar-refractivity contribution in [2.24, 2.45) is 0 Å². The number of aromatic nitrogens is 2. The fourth-order valence-corrected chi connectivity index (χ4v) is 5.81. The number of nitrogens with zero attached hydrogens (tertiary/aromatic N) is 3. The third kappa shape index (κ3) is 4.27. The SMILES string of the molecule is O=C(NCc1ccc2c(c1)CN(CCCc1ccccc1)C2)C1=Cc2cnc3cccc(n23)S1. The highest BCUT2D eigenvalue weighted by atomic mass is 32.2. The first-order valence-corrected chi connectivity index (χ1v) is 12.6. The molecule has 170 valence electrons. The number of aryl methyl sites for hydroxylation is 1. The van der Waals surface area contributed by atoms with Crippen molar-refractivity contribution in [2.75, 3.05) is 6.54 Å². The molecule has 34 heavy (non-hydrogen) atoms. The van der Waals surface area contributed by atoms with Crippen LogP contribution in [0.5, 0.6) is 0 Å². The first kappa shape index (κ1) is 21.2. The van der Waals surface area contributed by atoms with Crippen LogP contribution in [0.1, 0.15) is 34.4 Å². The monoisotopic (exact) mass is 466 g/mol. The molecule has 2 aliphatic rings. The maximum Gasteiger partial charge on any atom is 0.258 e. The highest BCUT2D eigenvalue weighted by molar-refractivity contribution is 8.04. The van der Waals surface area contributed by atoms with Gasteiger partial charge in [0.2, 0.25) is 0 Å². The number of hydrogen-bond acceptors (Lipinski definition) is 4. The molecule has 0 atom stereocenters. The molecule has 2 aromatic carbocycles. The molecule has 2 aliphatic heterocycles. The van der Waals surface area contributed by atoms with Crippen LogP contribution in [0.2, 0.25) is 0 Å². The first-order chi connectivity index (χ1) is 16.7. The Morgan fingerprint density at radius 1 is 0.971 bits per heavy atom. The maximum absolute atomic E-state index is 12.9. The molecule has 6 rings (SSSR count). The van der Waals surface area contributed by atoms with Crippen molar-refractivity contribution in [3.05, 3.63) is 106 Å². The van der Waals surface area contributed by atoms with Crippen LogP contribution in [0.25, 0.3) is 11.7 Å². The second-order valence-corrected chi connectivity index (χ2v) is 10.00. The Morgan fingerprint density at radius 2 is 1.85 bits per heavy atom. The van der Waals surface area contributed by atoms with Gasteiger partial charge in [-0.2, -0.15) is 0 Å². The van der Waals surface area contributed by atoms with Crippen LogP contribution in [0.3, 0.4) is 0 Å². The zero-order valence-corrected chi connectivity index (χ0v) is 19.7. The minimum absolute atomic E-state index is 0.0440. The molecule has 6 heteroatoms. The van der Waals surface area contributed by atoms with Gasteiger partial charge in [0.25, 0.3) is 5.91 Å². The molecule has 5 nitrogen and oxygen atoms in total.